The number of fused-ring (bicyclic) bond motifs is 1. The van der Waals surface area contributed by atoms with E-state index in [2.05, 4.69) is 90.7 Å². The highest BCUT2D eigenvalue weighted by Crippen LogP contribution is 2.42. The van der Waals surface area contributed by atoms with Crippen LogP contribution in [-0.2, 0) is 10.8 Å². The summed E-state index contributed by atoms with van der Waals surface area (Å²) in [6, 6.07) is 11.9. The lowest BCUT2D eigenvalue weighted by Gasteiger charge is -2.07. The number of nitrogen functional groups attached to an aromatic ring is 1. The number of aromatic nitrogens is 2. The first kappa shape index (κ1) is 34.7. The smallest absolute Gasteiger partial charge is 0.245 e. The van der Waals surface area contributed by atoms with Crippen LogP contribution >= 0.6 is 11.3 Å². The molecule has 6 nitrogen and oxygen atoms in total. The zero-order chi connectivity index (χ0) is 31.2. The summed E-state index contributed by atoms with van der Waals surface area (Å²) in [5.41, 5.74) is 28.3. The number of pyridine rings is 1. The average molecular weight is 591 g/mol. The van der Waals surface area contributed by atoms with Crippen molar-refractivity contribution in [3.8, 4) is 22.7 Å². The molecule has 4 aromatic rings. The fraction of sp³-hybridized carbons (Fsp3) is 0.118. The lowest BCUT2D eigenvalue weighted by atomic mass is 10.0. The second-order valence-electron chi connectivity index (χ2n) is 7.43. The molecule has 0 spiro atoms. The monoisotopic (exact) mass is 590 g/mol. The van der Waals surface area contributed by atoms with Gasteiger partial charge in [-0.3, -0.25) is 9.62 Å². The standard InChI is InChI=1S/C20H19N3O2S2.C7H3N.C5H4.C2H4/c1-2-3-11-27(24)20-17(21)16-14(13-7-5-4-6-8-13)12-15(23-19(16)26-20)18-22-9-10-25-18;1-2-3-4-5-6-7-8;1-3-5-4-2;1-2/h4-10,12H,2-3,11,21H2,1H3;8H,1H2;1-2H2;1-2H2. The van der Waals surface area contributed by atoms with Crippen molar-refractivity contribution in [2.24, 2.45) is 0 Å². The highest BCUT2D eigenvalue weighted by Gasteiger charge is 2.21. The van der Waals surface area contributed by atoms with Crippen LogP contribution in [0.1, 0.15) is 19.8 Å². The fourth-order valence-electron chi connectivity index (χ4n) is 3.14. The molecule has 4 rings (SSSR count). The molecule has 0 fully saturated rings. The first-order chi connectivity index (χ1) is 20.5. The third kappa shape index (κ3) is 10.7. The van der Waals surface area contributed by atoms with Gasteiger partial charge in [0.25, 0.3) is 0 Å². The minimum Gasteiger partial charge on any atom is -0.443 e. The third-order valence-electron chi connectivity index (χ3n) is 4.81. The predicted octanol–water partition coefficient (Wildman–Crippen LogP) is 8.37. The number of oxazole rings is 1. The Labute approximate surface area is 253 Å². The summed E-state index contributed by atoms with van der Waals surface area (Å²) in [6.07, 6.45) is 5.02. The van der Waals surface area contributed by atoms with Crippen LogP contribution in [0.3, 0.4) is 0 Å². The topological polar surface area (TPSA) is 106 Å². The Morgan fingerprint density at radius 3 is 2.24 bits per heavy atom. The Hall–Kier alpha value is -5.34. The van der Waals surface area contributed by atoms with Gasteiger partial charge in [0.15, 0.2) is 0 Å². The van der Waals surface area contributed by atoms with E-state index in [0.717, 1.165) is 34.2 Å². The van der Waals surface area contributed by atoms with E-state index in [-0.39, 0.29) is 0 Å². The molecule has 0 saturated carbocycles. The van der Waals surface area contributed by atoms with Crippen molar-refractivity contribution in [2.75, 3.05) is 11.5 Å². The van der Waals surface area contributed by atoms with Gasteiger partial charge in [-0.15, -0.1) is 24.5 Å². The molecule has 0 saturated heterocycles. The van der Waals surface area contributed by atoms with Crippen LogP contribution in [0.25, 0.3) is 32.9 Å². The van der Waals surface area contributed by atoms with Gasteiger partial charge in [-0.05, 0) is 60.5 Å². The van der Waals surface area contributed by atoms with Crippen LogP contribution in [0.2, 0.25) is 0 Å². The Kier molecular flexibility index (Phi) is 17.0. The molecular formula is C34H30N4O2S2. The van der Waals surface area contributed by atoms with Gasteiger partial charge in [-0.1, -0.05) is 60.9 Å². The van der Waals surface area contributed by atoms with E-state index < -0.39 is 10.8 Å². The molecule has 0 bridgehead atoms. The van der Waals surface area contributed by atoms with Crippen LogP contribution in [0.5, 0.6) is 0 Å². The molecule has 42 heavy (non-hydrogen) atoms. The zero-order valence-electron chi connectivity index (χ0n) is 23.4. The van der Waals surface area contributed by atoms with E-state index >= 15 is 0 Å². The zero-order valence-corrected chi connectivity index (χ0v) is 25.0. The van der Waals surface area contributed by atoms with Crippen molar-refractivity contribution in [2.45, 2.75) is 24.0 Å². The van der Waals surface area contributed by atoms with Crippen molar-refractivity contribution in [3.63, 3.8) is 0 Å². The van der Waals surface area contributed by atoms with Gasteiger partial charge in [0.05, 0.1) is 22.7 Å². The molecule has 1 aromatic carbocycles. The Morgan fingerprint density at radius 1 is 1.02 bits per heavy atom. The Bertz CT molecular complexity index is 1780. The predicted molar refractivity (Wildman–Crippen MR) is 175 cm³/mol. The highest BCUT2D eigenvalue weighted by atomic mass is 32.2. The summed E-state index contributed by atoms with van der Waals surface area (Å²) < 4.78 is 18.9. The van der Waals surface area contributed by atoms with Crippen molar-refractivity contribution < 1.29 is 8.63 Å². The summed E-state index contributed by atoms with van der Waals surface area (Å²) in [5.74, 6) is 2.93. The minimum atomic E-state index is -1.12. The first-order valence-electron chi connectivity index (χ1n) is 12.3. The number of anilines is 1. The van der Waals surface area contributed by atoms with Crippen LogP contribution < -0.4 is 5.73 Å². The molecule has 3 heterocycles. The normalized spacial score (nSPS) is 9.17. The molecule has 210 valence electrons. The van der Waals surface area contributed by atoms with Gasteiger partial charge in [-0.2, -0.15) is 0 Å². The van der Waals surface area contributed by atoms with Crippen molar-refractivity contribution >= 4 is 43.9 Å². The number of hydrogen-bond acceptors (Lipinski definition) is 7. The molecule has 1 atom stereocenters. The van der Waals surface area contributed by atoms with Gasteiger partial charge >= 0.3 is 0 Å². The number of nitrogens with two attached hydrogens (primary N) is 1. The number of rotatable bonds is 6. The van der Waals surface area contributed by atoms with Crippen molar-refractivity contribution in [1.29, 1.82) is 5.41 Å². The maximum atomic E-state index is 12.7. The third-order valence-corrected chi connectivity index (χ3v) is 7.80. The van der Waals surface area contributed by atoms with Crippen molar-refractivity contribution in [3.05, 3.63) is 128 Å². The fourth-order valence-corrected chi connectivity index (χ4v) is 5.94. The number of hydrogen-bond donors (Lipinski definition) is 2. The molecule has 0 amide bonds. The van der Waals surface area contributed by atoms with Gasteiger partial charge in [0.2, 0.25) is 5.89 Å². The van der Waals surface area contributed by atoms with E-state index in [0.29, 0.717) is 27.2 Å². The molecule has 8 heteroatoms. The van der Waals surface area contributed by atoms with Crippen LogP contribution in [0.15, 0.2) is 136 Å². The van der Waals surface area contributed by atoms with E-state index in [1.165, 1.54) is 17.6 Å². The molecule has 1 unspecified atom stereocenters. The molecule has 0 aliphatic rings. The quantitative estimate of drug-likeness (QED) is 0.133. The SMILES string of the molecule is C=C.C=C=C=C=C.C=C=C=C=C=C=C=N.CCCCS(=O)c1sc2nc(-c3ncco3)cc(-c3ccccc3)c2c1N. The molecule has 0 aliphatic heterocycles. The summed E-state index contributed by atoms with van der Waals surface area (Å²) in [6.45, 7) is 17.7. The number of benzene rings is 1. The van der Waals surface area contributed by atoms with Gasteiger partial charge in [0.1, 0.15) is 21.0 Å². The van der Waals surface area contributed by atoms with Crippen LogP contribution in [0, 0.1) is 5.41 Å². The second kappa shape index (κ2) is 20.5. The molecule has 0 radical (unpaired) electrons. The number of nitrogens with one attached hydrogen (secondary N) is 1. The maximum Gasteiger partial charge on any atom is 0.245 e. The molecule has 0 aliphatic carbocycles. The Balaban J connectivity index is 0.000000491. The molecule has 3 N–H and O–H groups in total. The summed E-state index contributed by atoms with van der Waals surface area (Å²) in [4.78, 5) is 9.66. The minimum absolute atomic E-state index is 0.453. The lowest BCUT2D eigenvalue weighted by Crippen LogP contribution is -1.99. The van der Waals surface area contributed by atoms with Gasteiger partial charge in [-0.25, -0.2) is 9.97 Å². The first-order valence-corrected chi connectivity index (χ1v) is 14.4. The maximum absolute atomic E-state index is 12.7. The van der Waals surface area contributed by atoms with Crippen LogP contribution in [-0.4, -0.2) is 25.8 Å². The summed E-state index contributed by atoms with van der Waals surface area (Å²) in [5, 5.41) is 7.16. The number of nitrogens with zero attached hydrogens (tertiary/aromatic N) is 2. The van der Waals surface area contributed by atoms with Gasteiger partial charge in [0, 0.05) is 28.5 Å². The van der Waals surface area contributed by atoms with Gasteiger partial charge < -0.3 is 10.2 Å². The summed E-state index contributed by atoms with van der Waals surface area (Å²) >= 11 is 1.40. The second-order valence-corrected chi connectivity index (χ2v) is 10.2. The number of unbranched alkanes of at least 4 members (excludes halogenated alkanes) is 1. The summed E-state index contributed by atoms with van der Waals surface area (Å²) in [7, 11) is -1.12. The lowest BCUT2D eigenvalue weighted by molar-refractivity contribution is 0.572. The molecular weight excluding hydrogens is 561 g/mol. The van der Waals surface area contributed by atoms with E-state index in [9.17, 15) is 4.21 Å². The van der Waals surface area contributed by atoms with E-state index in [4.69, 9.17) is 20.5 Å². The Morgan fingerprint density at radius 2 is 1.69 bits per heavy atom. The number of thiophene rings is 1. The highest BCUT2D eigenvalue weighted by molar-refractivity contribution is 7.87. The largest absolute Gasteiger partial charge is 0.443 e. The van der Waals surface area contributed by atoms with Crippen LogP contribution in [0.4, 0.5) is 5.69 Å². The van der Waals surface area contributed by atoms with E-state index in [1.54, 1.807) is 6.20 Å². The van der Waals surface area contributed by atoms with E-state index in [1.807, 2.05) is 42.3 Å². The van der Waals surface area contributed by atoms with Crippen molar-refractivity contribution in [1.82, 2.24) is 9.97 Å². The molecule has 3 aromatic heterocycles. The average Bonchev–Trinajstić information content (AvgIpc) is 3.69.